The number of aromatic nitrogens is 1. The van der Waals surface area contributed by atoms with E-state index >= 15 is 0 Å². The summed E-state index contributed by atoms with van der Waals surface area (Å²) in [7, 11) is 1.64. The summed E-state index contributed by atoms with van der Waals surface area (Å²) in [6, 6.07) is 4.12. The first kappa shape index (κ1) is 25.7. The van der Waals surface area contributed by atoms with Gasteiger partial charge in [-0.15, -0.1) is 0 Å². The molecule has 2 aromatic rings. The molecule has 2 amide bonds. The number of nitrogens with two attached hydrogens (primary N) is 1. The van der Waals surface area contributed by atoms with E-state index in [1.165, 1.54) is 19.3 Å². The number of nitrogens with zero attached hydrogens (tertiary/aromatic N) is 2. The number of amides is 2. The van der Waals surface area contributed by atoms with Crippen molar-refractivity contribution in [2.45, 2.75) is 64.5 Å². The summed E-state index contributed by atoms with van der Waals surface area (Å²) in [6.07, 6.45) is 6.35. The van der Waals surface area contributed by atoms with Crippen LogP contribution in [0.25, 0.3) is 10.2 Å². The second-order valence-electron chi connectivity index (χ2n) is 9.81. The van der Waals surface area contributed by atoms with Gasteiger partial charge in [0.2, 0.25) is 6.41 Å². The number of benzene rings is 1. The van der Waals surface area contributed by atoms with Crippen LogP contribution in [0.4, 0.5) is 5.13 Å². The molecule has 2 aliphatic heterocycles. The number of anilines is 1. The predicted octanol–water partition coefficient (Wildman–Crippen LogP) is 3.97. The smallest absolute Gasteiger partial charge is 0.256 e. The minimum atomic E-state index is -0.0174. The zero-order valence-corrected chi connectivity index (χ0v) is 22.0. The second-order valence-corrected chi connectivity index (χ2v) is 10.8. The normalized spacial score (nSPS) is 27.5. The van der Waals surface area contributed by atoms with Gasteiger partial charge < -0.3 is 25.4 Å². The van der Waals surface area contributed by atoms with Crippen molar-refractivity contribution in [1.29, 1.82) is 0 Å². The quantitative estimate of drug-likeness (QED) is 0.613. The highest BCUT2D eigenvalue weighted by atomic mass is 32.1. The summed E-state index contributed by atoms with van der Waals surface area (Å²) in [4.78, 5) is 29.1. The number of rotatable bonds is 4. The Kier molecular flexibility index (Phi) is 7.86. The van der Waals surface area contributed by atoms with Gasteiger partial charge in [0.05, 0.1) is 30.4 Å². The Labute approximate surface area is 211 Å². The van der Waals surface area contributed by atoms with Crippen molar-refractivity contribution in [3.05, 3.63) is 17.7 Å². The van der Waals surface area contributed by atoms with Gasteiger partial charge in [0, 0.05) is 12.6 Å². The number of thiazole rings is 1. The number of primary amides is 1. The van der Waals surface area contributed by atoms with Crippen LogP contribution in [0.5, 0.6) is 5.75 Å². The Morgan fingerprint density at radius 1 is 1.31 bits per heavy atom. The van der Waals surface area contributed by atoms with E-state index in [4.69, 9.17) is 19.3 Å². The zero-order valence-electron chi connectivity index (χ0n) is 21.2. The molecule has 4 atom stereocenters. The van der Waals surface area contributed by atoms with Gasteiger partial charge in [0.1, 0.15) is 16.9 Å². The minimum absolute atomic E-state index is 0.0174. The van der Waals surface area contributed by atoms with Crippen LogP contribution < -0.4 is 20.7 Å². The molecule has 2 saturated carbocycles. The summed E-state index contributed by atoms with van der Waals surface area (Å²) >= 11 is 1.60. The molecular formula is C26H38N4O4S. The van der Waals surface area contributed by atoms with Crippen molar-refractivity contribution in [3.63, 3.8) is 0 Å². The minimum Gasteiger partial charge on any atom is -0.496 e. The fourth-order valence-electron chi connectivity index (χ4n) is 6.32. The van der Waals surface area contributed by atoms with E-state index in [0.717, 1.165) is 53.8 Å². The van der Waals surface area contributed by atoms with Gasteiger partial charge >= 0.3 is 0 Å². The average Bonchev–Trinajstić information content (AvgIpc) is 3.63. The van der Waals surface area contributed by atoms with E-state index in [-0.39, 0.29) is 24.0 Å². The van der Waals surface area contributed by atoms with Gasteiger partial charge in [-0.25, -0.2) is 4.98 Å². The molecule has 4 aliphatic rings. The van der Waals surface area contributed by atoms with Crippen molar-refractivity contribution in [2.75, 3.05) is 31.7 Å². The number of methoxy groups -OCH3 is 1. The molecule has 1 spiro atoms. The van der Waals surface area contributed by atoms with Crippen molar-refractivity contribution in [3.8, 4) is 5.75 Å². The number of carbonyl (C=O) groups is 2. The van der Waals surface area contributed by atoms with Crippen molar-refractivity contribution < 1.29 is 19.1 Å². The van der Waals surface area contributed by atoms with Crippen LogP contribution >= 0.6 is 11.3 Å². The van der Waals surface area contributed by atoms with Crippen molar-refractivity contribution in [1.82, 2.24) is 10.3 Å². The highest BCUT2D eigenvalue weighted by Gasteiger charge is 2.48. The first-order valence-electron chi connectivity index (χ1n) is 12.8. The van der Waals surface area contributed by atoms with Gasteiger partial charge in [-0.05, 0) is 62.0 Å². The van der Waals surface area contributed by atoms with Crippen LogP contribution in [0.15, 0.2) is 12.1 Å². The molecule has 2 saturated heterocycles. The van der Waals surface area contributed by atoms with Crippen molar-refractivity contribution >= 4 is 39.0 Å². The standard InChI is InChI=1S/C23H29N3O3S.C2H6.CH3NO/c1-13-14-4-5-15(10-14)19(13)25-21(27)18-17(28-2)7-6-16-20(18)30-22(24-16)26-11-23(12-26)8-3-9-29-23;1-2;2-1-3/h6-7,13-15,19H,3-5,8-12H2,1-2H3,(H,25,27);1-2H3;1H,(H2,2,3)/t13?,14-,15?,19?;;/m1../s1. The Balaban J connectivity index is 0.000000539. The molecule has 9 heteroatoms. The van der Waals surface area contributed by atoms with E-state index < -0.39 is 0 Å². The molecule has 4 fully saturated rings. The van der Waals surface area contributed by atoms with Crippen LogP contribution in [0.1, 0.15) is 63.2 Å². The number of nitrogens with one attached hydrogen (secondary N) is 1. The molecule has 3 unspecified atom stereocenters. The lowest BCUT2D eigenvalue weighted by molar-refractivity contribution is -0.106. The van der Waals surface area contributed by atoms with Gasteiger partial charge in [0.25, 0.3) is 5.91 Å². The number of ether oxygens (including phenoxy) is 2. The number of fused-ring (bicyclic) bond motifs is 3. The molecular weight excluding hydrogens is 464 g/mol. The van der Waals surface area contributed by atoms with Crippen LogP contribution in [0, 0.1) is 17.8 Å². The number of carbonyl (C=O) groups excluding carboxylic acids is 2. The van der Waals surface area contributed by atoms with Crippen molar-refractivity contribution in [2.24, 2.45) is 23.5 Å². The lowest BCUT2D eigenvalue weighted by atomic mass is 9.86. The van der Waals surface area contributed by atoms with E-state index in [1.54, 1.807) is 18.4 Å². The Morgan fingerprint density at radius 3 is 2.63 bits per heavy atom. The lowest BCUT2D eigenvalue weighted by Gasteiger charge is -2.46. The molecule has 2 bridgehead atoms. The van der Waals surface area contributed by atoms with E-state index in [9.17, 15) is 4.79 Å². The van der Waals surface area contributed by atoms with E-state index in [0.29, 0.717) is 23.1 Å². The molecule has 6 rings (SSSR count). The summed E-state index contributed by atoms with van der Waals surface area (Å²) in [6.45, 7) is 8.96. The maximum Gasteiger partial charge on any atom is 0.256 e. The SMILES string of the molecule is CC.COc1ccc2nc(N3CC4(CCCO4)C3)sc2c1C(=O)NC1C2CC[C@H](C2)C1C.NC=O. The Morgan fingerprint density at radius 2 is 2.03 bits per heavy atom. The Bertz CT molecular complexity index is 1040. The maximum absolute atomic E-state index is 13.4. The monoisotopic (exact) mass is 502 g/mol. The van der Waals surface area contributed by atoms with Gasteiger partial charge in [-0.1, -0.05) is 32.1 Å². The average molecular weight is 503 g/mol. The van der Waals surface area contributed by atoms with Gasteiger partial charge in [0.15, 0.2) is 5.13 Å². The number of hydrogen-bond acceptors (Lipinski definition) is 7. The summed E-state index contributed by atoms with van der Waals surface area (Å²) in [5.74, 6) is 2.56. The first-order chi connectivity index (χ1) is 17.0. The highest BCUT2D eigenvalue weighted by Crippen LogP contribution is 2.48. The molecule has 192 valence electrons. The highest BCUT2D eigenvalue weighted by molar-refractivity contribution is 7.22. The largest absolute Gasteiger partial charge is 0.496 e. The zero-order chi connectivity index (χ0) is 25.2. The van der Waals surface area contributed by atoms with Crippen LogP contribution in [-0.4, -0.2) is 55.8 Å². The summed E-state index contributed by atoms with van der Waals surface area (Å²) in [5, 5.41) is 4.35. The molecule has 3 heterocycles. The first-order valence-corrected chi connectivity index (χ1v) is 13.6. The van der Waals surface area contributed by atoms with Crippen LogP contribution in [-0.2, 0) is 9.53 Å². The van der Waals surface area contributed by atoms with E-state index in [1.807, 2.05) is 26.0 Å². The molecule has 8 nitrogen and oxygen atoms in total. The second kappa shape index (κ2) is 10.7. The molecule has 0 radical (unpaired) electrons. The molecule has 35 heavy (non-hydrogen) atoms. The fourth-order valence-corrected chi connectivity index (χ4v) is 7.42. The lowest BCUT2D eigenvalue weighted by Crippen LogP contribution is -2.61. The number of hydrogen-bond donors (Lipinski definition) is 2. The fraction of sp³-hybridized carbons (Fsp3) is 0.654. The molecule has 2 aliphatic carbocycles. The summed E-state index contributed by atoms with van der Waals surface area (Å²) in [5.41, 5.74) is 5.71. The predicted molar refractivity (Wildman–Crippen MR) is 139 cm³/mol. The van der Waals surface area contributed by atoms with Crippen LogP contribution in [0.2, 0.25) is 0 Å². The maximum atomic E-state index is 13.4. The topological polar surface area (TPSA) is 107 Å². The Hall–Kier alpha value is -2.39. The third-order valence-electron chi connectivity index (χ3n) is 8.00. The van der Waals surface area contributed by atoms with E-state index in [2.05, 4.69) is 22.9 Å². The molecule has 3 N–H and O–H groups in total. The molecule has 1 aromatic carbocycles. The van der Waals surface area contributed by atoms with Gasteiger partial charge in [-0.3, -0.25) is 9.59 Å². The summed E-state index contributed by atoms with van der Waals surface area (Å²) < 4.78 is 12.5. The third kappa shape index (κ3) is 4.72. The third-order valence-corrected chi connectivity index (χ3v) is 9.15. The van der Waals surface area contributed by atoms with Crippen LogP contribution in [0.3, 0.4) is 0 Å². The molecule has 1 aromatic heterocycles. The van der Waals surface area contributed by atoms with Gasteiger partial charge in [-0.2, -0.15) is 0 Å².